The lowest BCUT2D eigenvalue weighted by atomic mass is 9.98. The highest BCUT2D eigenvalue weighted by Gasteiger charge is 2.29. The highest BCUT2D eigenvalue weighted by molar-refractivity contribution is 9.10. The fourth-order valence-electron chi connectivity index (χ4n) is 2.99. The predicted molar refractivity (Wildman–Crippen MR) is 88.9 cm³/mol. The van der Waals surface area contributed by atoms with Gasteiger partial charge < -0.3 is 10.7 Å². The third-order valence-electron chi connectivity index (χ3n) is 3.97. The summed E-state index contributed by atoms with van der Waals surface area (Å²) in [5.74, 6) is 0.766. The van der Waals surface area contributed by atoms with Crippen LogP contribution in [0, 0.1) is 5.92 Å². The third kappa shape index (κ3) is 2.96. The zero-order valence-corrected chi connectivity index (χ0v) is 13.7. The van der Waals surface area contributed by atoms with Gasteiger partial charge in [0.25, 0.3) is 5.91 Å². The number of benzene rings is 1. The summed E-state index contributed by atoms with van der Waals surface area (Å²) in [4.78, 5) is 14.6. The van der Waals surface area contributed by atoms with Gasteiger partial charge in [-0.2, -0.15) is 10.6 Å². The number of hydrogen-bond acceptors (Lipinski definition) is 3. The zero-order chi connectivity index (χ0) is 15.2. The fourth-order valence-corrected chi connectivity index (χ4v) is 5.36. The van der Waals surface area contributed by atoms with Gasteiger partial charge in [-0.1, -0.05) is 15.9 Å². The number of fused-ring (bicyclic) bond motifs is 1. The van der Waals surface area contributed by atoms with E-state index in [1.807, 2.05) is 12.3 Å². The minimum Gasteiger partial charge on any atom is -0.366 e. The molecule has 7 heteroatoms. The van der Waals surface area contributed by atoms with Gasteiger partial charge in [0.15, 0.2) is 0 Å². The highest BCUT2D eigenvalue weighted by atomic mass is 79.9. The summed E-state index contributed by atoms with van der Waals surface area (Å²) in [5, 5.41) is 0.960. The van der Waals surface area contributed by atoms with Crippen molar-refractivity contribution in [1.29, 1.82) is 0 Å². The van der Waals surface area contributed by atoms with Crippen LogP contribution in [0.2, 0.25) is 0 Å². The van der Waals surface area contributed by atoms with Crippen LogP contribution in [-0.2, 0) is 6.42 Å². The molecule has 0 radical (unpaired) electrons. The van der Waals surface area contributed by atoms with Crippen molar-refractivity contribution in [3.8, 4) is 0 Å². The smallest absolute Gasteiger partial charge is 0.250 e. The van der Waals surface area contributed by atoms with Gasteiger partial charge in [0.05, 0.1) is 11.1 Å². The van der Waals surface area contributed by atoms with E-state index in [0.29, 0.717) is 17.1 Å². The Morgan fingerprint density at radius 3 is 2.86 bits per heavy atom. The number of primary amides is 1. The number of nitrogens with two attached hydrogens (primary N) is 1. The Labute approximate surface area is 132 Å². The molecule has 0 aliphatic carbocycles. The maximum absolute atomic E-state index is 11.5. The molecule has 1 amide bonds. The molecule has 0 bridgehead atoms. The summed E-state index contributed by atoms with van der Waals surface area (Å²) < 4.78 is 20.3. The van der Waals surface area contributed by atoms with Crippen molar-refractivity contribution in [1.82, 2.24) is 4.98 Å². The molecule has 21 heavy (non-hydrogen) atoms. The summed E-state index contributed by atoms with van der Waals surface area (Å²) in [6.07, 6.45) is 3.48. The molecule has 1 atom stereocenters. The number of halogens is 1. The van der Waals surface area contributed by atoms with E-state index >= 15 is 0 Å². The Morgan fingerprint density at radius 2 is 2.24 bits per heavy atom. The number of aromatic amines is 1. The summed E-state index contributed by atoms with van der Waals surface area (Å²) in [5.41, 5.74) is 7.69. The third-order valence-corrected chi connectivity index (χ3v) is 6.32. The van der Waals surface area contributed by atoms with Crippen LogP contribution < -0.4 is 5.73 Å². The topological polar surface area (TPSA) is 99.3 Å². The Bertz CT molecular complexity index is 714. The van der Waals surface area contributed by atoms with Crippen LogP contribution in [0.3, 0.4) is 0 Å². The summed E-state index contributed by atoms with van der Waals surface area (Å²) in [7, 11) is -2.38. The van der Waals surface area contributed by atoms with Gasteiger partial charge in [-0.05, 0) is 36.5 Å². The van der Waals surface area contributed by atoms with Gasteiger partial charge >= 0.3 is 0 Å². The second-order valence-electron chi connectivity index (χ2n) is 5.59. The van der Waals surface area contributed by atoms with Crippen molar-refractivity contribution in [2.75, 3.05) is 11.5 Å². The van der Waals surface area contributed by atoms with E-state index in [2.05, 4.69) is 20.9 Å². The molecule has 1 aromatic heterocycles. The van der Waals surface area contributed by atoms with Gasteiger partial charge in [-0.15, -0.1) is 0 Å². The minimum absolute atomic E-state index is 0.269. The molecule has 1 aromatic carbocycles. The van der Waals surface area contributed by atoms with E-state index in [9.17, 15) is 13.9 Å². The van der Waals surface area contributed by atoms with Crippen molar-refractivity contribution in [3.63, 3.8) is 0 Å². The lowest BCUT2D eigenvalue weighted by molar-refractivity contribution is 0.100. The average molecular weight is 373 g/mol. The number of nitrogens with one attached hydrogen (secondary N) is 1. The van der Waals surface area contributed by atoms with E-state index in [0.717, 1.165) is 33.8 Å². The Kier molecular flexibility index (Phi) is 3.77. The van der Waals surface area contributed by atoms with Crippen molar-refractivity contribution in [2.45, 2.75) is 12.8 Å². The molecule has 3 rings (SSSR count). The van der Waals surface area contributed by atoms with Crippen molar-refractivity contribution >= 4 is 43.3 Å². The quantitative estimate of drug-likeness (QED) is 0.664. The minimum atomic E-state index is -2.38. The molecular weight excluding hydrogens is 356 g/mol. The van der Waals surface area contributed by atoms with Crippen LogP contribution in [0.25, 0.3) is 10.9 Å². The SMILES string of the molecule is NC(=O)c1cc(Br)cc2c(CC3CCS(O)(O)C3)c[nH]c12. The monoisotopic (exact) mass is 372 g/mol. The molecular formula is C14H17BrN2O3S. The van der Waals surface area contributed by atoms with Gasteiger partial charge in [-0.3, -0.25) is 13.9 Å². The highest BCUT2D eigenvalue weighted by Crippen LogP contribution is 2.49. The first-order valence-electron chi connectivity index (χ1n) is 6.68. The van der Waals surface area contributed by atoms with E-state index in [-0.39, 0.29) is 5.92 Å². The van der Waals surface area contributed by atoms with Gasteiger partial charge in [0, 0.05) is 27.6 Å². The first kappa shape index (κ1) is 14.9. The Morgan fingerprint density at radius 1 is 1.48 bits per heavy atom. The lowest BCUT2D eigenvalue weighted by Crippen LogP contribution is -2.11. The molecule has 114 valence electrons. The van der Waals surface area contributed by atoms with Gasteiger partial charge in [-0.25, -0.2) is 0 Å². The van der Waals surface area contributed by atoms with E-state index < -0.39 is 16.5 Å². The van der Waals surface area contributed by atoms with Crippen LogP contribution in [-0.4, -0.2) is 31.5 Å². The molecule has 2 heterocycles. The predicted octanol–water partition coefficient (Wildman–Crippen LogP) is 3.34. The lowest BCUT2D eigenvalue weighted by Gasteiger charge is -2.26. The maximum atomic E-state index is 11.5. The molecule has 0 spiro atoms. The molecule has 1 saturated heterocycles. The summed E-state index contributed by atoms with van der Waals surface area (Å²) in [6.45, 7) is 0. The number of rotatable bonds is 3. The van der Waals surface area contributed by atoms with Crippen molar-refractivity contribution in [3.05, 3.63) is 33.9 Å². The average Bonchev–Trinajstić information content (AvgIpc) is 2.93. The molecule has 1 aliphatic rings. The Hall–Kier alpha value is -1.02. The molecule has 1 fully saturated rings. The van der Waals surface area contributed by atoms with Crippen molar-refractivity contribution < 1.29 is 13.9 Å². The first-order valence-corrected chi connectivity index (χ1v) is 9.36. The van der Waals surface area contributed by atoms with Crippen molar-refractivity contribution in [2.24, 2.45) is 11.7 Å². The standard InChI is InChI=1S/C14H17BrN2O3S/c15-10-4-11-9(3-8-1-2-21(19,20)7-8)6-17-13(11)12(5-10)14(16)18/h4-6,8,17,19-20H,1-3,7H2,(H2,16,18). The normalized spacial score (nSPS) is 22.5. The molecule has 5 nitrogen and oxygen atoms in total. The largest absolute Gasteiger partial charge is 0.366 e. The molecule has 1 unspecified atom stereocenters. The second kappa shape index (κ2) is 5.31. The summed E-state index contributed by atoms with van der Waals surface area (Å²) in [6, 6.07) is 3.66. The number of hydrogen-bond donors (Lipinski definition) is 4. The van der Waals surface area contributed by atoms with Crippen LogP contribution in [0.1, 0.15) is 22.3 Å². The molecule has 1 aliphatic heterocycles. The molecule has 0 saturated carbocycles. The molecule has 2 aromatic rings. The number of H-pyrrole nitrogens is 1. The Balaban J connectivity index is 1.95. The van der Waals surface area contributed by atoms with Gasteiger partial charge in [0.1, 0.15) is 0 Å². The van der Waals surface area contributed by atoms with Crippen LogP contribution in [0.5, 0.6) is 0 Å². The number of amides is 1. The second-order valence-corrected chi connectivity index (χ2v) is 8.85. The van der Waals surface area contributed by atoms with E-state index in [4.69, 9.17) is 5.73 Å². The molecule has 5 N–H and O–H groups in total. The number of carbonyl (C=O) groups is 1. The van der Waals surface area contributed by atoms with E-state index in [1.54, 1.807) is 6.07 Å². The van der Waals surface area contributed by atoms with Crippen LogP contribution in [0.15, 0.2) is 22.8 Å². The summed E-state index contributed by atoms with van der Waals surface area (Å²) >= 11 is 3.40. The first-order chi connectivity index (χ1) is 9.85. The van der Waals surface area contributed by atoms with Crippen LogP contribution >= 0.6 is 26.5 Å². The number of carbonyl (C=O) groups excluding carboxylic acids is 1. The van der Waals surface area contributed by atoms with Gasteiger partial charge in [0.2, 0.25) is 0 Å². The van der Waals surface area contributed by atoms with E-state index in [1.165, 1.54) is 0 Å². The maximum Gasteiger partial charge on any atom is 0.250 e. The number of aromatic nitrogens is 1. The zero-order valence-electron chi connectivity index (χ0n) is 11.3. The fraction of sp³-hybridized carbons (Fsp3) is 0.357. The van der Waals surface area contributed by atoms with Crippen LogP contribution in [0.4, 0.5) is 0 Å².